The fourth-order valence-corrected chi connectivity index (χ4v) is 2.72. The van der Waals surface area contributed by atoms with Crippen LogP contribution >= 0.6 is 0 Å². The Hall–Kier alpha value is -1.40. The van der Waals surface area contributed by atoms with Gasteiger partial charge in [-0.15, -0.1) is 0 Å². The molecule has 2 N–H and O–H groups in total. The highest BCUT2D eigenvalue weighted by Crippen LogP contribution is 2.30. The van der Waals surface area contributed by atoms with Crippen molar-refractivity contribution in [2.24, 2.45) is 5.73 Å². The predicted molar refractivity (Wildman–Crippen MR) is 72.2 cm³/mol. The lowest BCUT2D eigenvalue weighted by molar-refractivity contribution is 0.483. The van der Waals surface area contributed by atoms with Crippen LogP contribution in [0.5, 0.6) is 0 Å². The van der Waals surface area contributed by atoms with Crippen LogP contribution in [0, 0.1) is 12.7 Å². The molecule has 1 aromatic heterocycles. The third-order valence-corrected chi connectivity index (χ3v) is 4.05. The maximum absolute atomic E-state index is 13.2. The van der Waals surface area contributed by atoms with E-state index in [2.05, 4.69) is 0 Å². The van der Waals surface area contributed by atoms with Gasteiger partial charge in [0.05, 0.1) is 11.8 Å². The predicted octanol–water partition coefficient (Wildman–Crippen LogP) is 2.31. The van der Waals surface area contributed by atoms with Crippen molar-refractivity contribution in [3.8, 4) is 0 Å². The third-order valence-electron chi connectivity index (χ3n) is 3.07. The van der Waals surface area contributed by atoms with Crippen molar-refractivity contribution in [1.82, 2.24) is 0 Å². The number of nitrogens with two attached hydrogens (primary N) is 1. The summed E-state index contributed by atoms with van der Waals surface area (Å²) in [6.07, 6.45) is 1.45. The molecule has 19 heavy (non-hydrogen) atoms. The fourth-order valence-electron chi connectivity index (χ4n) is 2.04. The number of hydrogen-bond donors (Lipinski definition) is 1. The zero-order valence-corrected chi connectivity index (χ0v) is 11.6. The van der Waals surface area contributed by atoms with Crippen LogP contribution in [-0.4, -0.2) is 20.4 Å². The molecule has 4 nitrogen and oxygen atoms in total. The largest absolute Gasteiger partial charge is 0.459 e. The molecule has 1 atom stereocenters. The Morgan fingerprint density at radius 3 is 2.74 bits per heavy atom. The first-order valence-electron chi connectivity index (χ1n) is 5.90. The van der Waals surface area contributed by atoms with Crippen LogP contribution in [0.15, 0.2) is 22.6 Å². The van der Waals surface area contributed by atoms with E-state index >= 15 is 0 Å². The maximum Gasteiger partial charge on any atom is 0.147 e. The summed E-state index contributed by atoms with van der Waals surface area (Å²) in [7, 11) is -3.06. The van der Waals surface area contributed by atoms with Crippen LogP contribution in [0.25, 0.3) is 11.0 Å². The molecule has 2 aromatic rings. The van der Waals surface area contributed by atoms with Crippen LogP contribution in [-0.2, 0) is 9.84 Å². The standard InChI is InChI=1S/C13H16FNO3S/c1-8-10-7-9(14)3-4-12(10)18-13(8)11(15)5-6-19(2,16)17/h3-4,7,11H,5-6,15H2,1-2H3. The summed E-state index contributed by atoms with van der Waals surface area (Å²) < 4.78 is 41.0. The lowest BCUT2D eigenvalue weighted by Crippen LogP contribution is -2.15. The first kappa shape index (κ1) is 14.0. The Labute approximate surface area is 111 Å². The lowest BCUT2D eigenvalue weighted by Gasteiger charge is -2.08. The summed E-state index contributed by atoms with van der Waals surface area (Å²) in [5.41, 5.74) is 7.27. The Kier molecular flexibility index (Phi) is 3.64. The minimum atomic E-state index is -3.06. The van der Waals surface area contributed by atoms with E-state index in [1.54, 1.807) is 13.0 Å². The van der Waals surface area contributed by atoms with E-state index in [-0.39, 0.29) is 18.0 Å². The van der Waals surface area contributed by atoms with Crippen LogP contribution < -0.4 is 5.73 Å². The molecule has 0 saturated heterocycles. The molecule has 0 fully saturated rings. The van der Waals surface area contributed by atoms with Crippen molar-refractivity contribution in [2.45, 2.75) is 19.4 Å². The topological polar surface area (TPSA) is 73.3 Å². The highest BCUT2D eigenvalue weighted by Gasteiger charge is 2.18. The van der Waals surface area contributed by atoms with Gasteiger partial charge in [0.2, 0.25) is 0 Å². The normalized spacial score (nSPS) is 13.9. The zero-order valence-electron chi connectivity index (χ0n) is 10.8. The lowest BCUT2D eigenvalue weighted by atomic mass is 10.1. The van der Waals surface area contributed by atoms with E-state index in [0.717, 1.165) is 5.56 Å². The van der Waals surface area contributed by atoms with Crippen molar-refractivity contribution in [1.29, 1.82) is 0 Å². The zero-order chi connectivity index (χ0) is 14.2. The third kappa shape index (κ3) is 3.13. The van der Waals surface area contributed by atoms with Crippen molar-refractivity contribution < 1.29 is 17.2 Å². The quantitative estimate of drug-likeness (QED) is 0.935. The summed E-state index contributed by atoms with van der Waals surface area (Å²) in [6, 6.07) is 3.74. The summed E-state index contributed by atoms with van der Waals surface area (Å²) in [4.78, 5) is 0. The van der Waals surface area contributed by atoms with Crippen molar-refractivity contribution >= 4 is 20.8 Å². The van der Waals surface area contributed by atoms with Crippen LogP contribution in [0.2, 0.25) is 0 Å². The van der Waals surface area contributed by atoms with E-state index in [1.807, 2.05) is 0 Å². The molecule has 0 aliphatic carbocycles. The number of fused-ring (bicyclic) bond motifs is 1. The van der Waals surface area contributed by atoms with Gasteiger partial charge in [-0.2, -0.15) is 0 Å². The second kappa shape index (κ2) is 4.94. The van der Waals surface area contributed by atoms with Gasteiger partial charge >= 0.3 is 0 Å². The molecule has 0 bridgehead atoms. The molecule has 0 radical (unpaired) electrons. The second-order valence-electron chi connectivity index (χ2n) is 4.76. The van der Waals surface area contributed by atoms with E-state index in [1.165, 1.54) is 18.4 Å². The Morgan fingerprint density at radius 2 is 2.11 bits per heavy atom. The summed E-state index contributed by atoms with van der Waals surface area (Å²) in [5.74, 6) is 0.177. The van der Waals surface area contributed by atoms with E-state index < -0.39 is 15.9 Å². The van der Waals surface area contributed by atoms with Crippen molar-refractivity contribution in [3.05, 3.63) is 35.3 Å². The Bertz CT molecular complexity index is 706. The molecule has 1 aromatic carbocycles. The molecule has 0 spiro atoms. The van der Waals surface area contributed by atoms with Crippen LogP contribution in [0.4, 0.5) is 4.39 Å². The van der Waals surface area contributed by atoms with Gasteiger partial charge in [0.15, 0.2) is 0 Å². The number of furan rings is 1. The molecule has 0 amide bonds. The van der Waals surface area contributed by atoms with Gasteiger partial charge in [0.1, 0.15) is 27.0 Å². The minimum absolute atomic E-state index is 0.000979. The van der Waals surface area contributed by atoms with Gasteiger partial charge in [-0.05, 0) is 31.5 Å². The van der Waals surface area contributed by atoms with Gasteiger partial charge in [-0.25, -0.2) is 12.8 Å². The number of sulfone groups is 1. The van der Waals surface area contributed by atoms with Gasteiger partial charge in [-0.3, -0.25) is 0 Å². The number of benzene rings is 1. The highest BCUT2D eigenvalue weighted by atomic mass is 32.2. The molecule has 0 saturated carbocycles. The van der Waals surface area contributed by atoms with Gasteiger partial charge < -0.3 is 10.2 Å². The number of rotatable bonds is 4. The fraction of sp³-hybridized carbons (Fsp3) is 0.385. The second-order valence-corrected chi connectivity index (χ2v) is 7.02. The molecular weight excluding hydrogens is 269 g/mol. The SMILES string of the molecule is Cc1c(C(N)CCS(C)(=O)=O)oc2ccc(F)cc12. The molecule has 1 heterocycles. The number of aryl methyl sites for hydroxylation is 1. The summed E-state index contributed by atoms with van der Waals surface area (Å²) in [5, 5.41) is 0.671. The molecule has 0 aliphatic rings. The maximum atomic E-state index is 13.2. The number of halogens is 1. The summed E-state index contributed by atoms with van der Waals surface area (Å²) in [6.45, 7) is 1.79. The van der Waals surface area contributed by atoms with Gasteiger partial charge in [0, 0.05) is 17.2 Å². The average Bonchev–Trinajstić information content (AvgIpc) is 2.63. The van der Waals surface area contributed by atoms with Crippen molar-refractivity contribution in [2.75, 3.05) is 12.0 Å². The first-order chi connectivity index (χ1) is 8.78. The smallest absolute Gasteiger partial charge is 0.147 e. The van der Waals surface area contributed by atoms with E-state index in [4.69, 9.17) is 10.2 Å². The molecule has 6 heteroatoms. The molecule has 1 unspecified atom stereocenters. The highest BCUT2D eigenvalue weighted by molar-refractivity contribution is 7.90. The van der Waals surface area contributed by atoms with E-state index in [9.17, 15) is 12.8 Å². The van der Waals surface area contributed by atoms with Crippen LogP contribution in [0.1, 0.15) is 23.8 Å². The Morgan fingerprint density at radius 1 is 1.42 bits per heavy atom. The molecule has 0 aliphatic heterocycles. The minimum Gasteiger partial charge on any atom is -0.459 e. The molecule has 104 valence electrons. The average molecular weight is 285 g/mol. The van der Waals surface area contributed by atoms with Gasteiger partial charge in [-0.1, -0.05) is 0 Å². The number of hydrogen-bond acceptors (Lipinski definition) is 4. The first-order valence-corrected chi connectivity index (χ1v) is 7.96. The van der Waals surface area contributed by atoms with Crippen molar-refractivity contribution in [3.63, 3.8) is 0 Å². The monoisotopic (exact) mass is 285 g/mol. The van der Waals surface area contributed by atoms with Crippen LogP contribution in [0.3, 0.4) is 0 Å². The Balaban J connectivity index is 2.32. The molecular formula is C13H16FNO3S. The van der Waals surface area contributed by atoms with Gasteiger partial charge in [0.25, 0.3) is 0 Å². The molecule has 2 rings (SSSR count). The summed E-state index contributed by atoms with van der Waals surface area (Å²) >= 11 is 0. The van der Waals surface area contributed by atoms with E-state index in [0.29, 0.717) is 16.7 Å².